The Morgan fingerprint density at radius 2 is 1.87 bits per heavy atom. The second-order valence-corrected chi connectivity index (χ2v) is 9.69. The third kappa shape index (κ3) is 4.77. The molecule has 5 heterocycles. The highest BCUT2D eigenvalue weighted by Gasteiger charge is 2.29. The van der Waals surface area contributed by atoms with Crippen molar-refractivity contribution in [1.29, 1.82) is 0 Å². The summed E-state index contributed by atoms with van der Waals surface area (Å²) in [4.78, 5) is 37.8. The molecule has 0 atom stereocenters. The van der Waals surface area contributed by atoms with Gasteiger partial charge in [0.1, 0.15) is 17.9 Å². The van der Waals surface area contributed by atoms with Gasteiger partial charge in [0.25, 0.3) is 11.5 Å². The van der Waals surface area contributed by atoms with E-state index in [9.17, 15) is 9.59 Å². The number of carbonyl (C=O) groups is 1. The Bertz CT molecular complexity index is 1380. The van der Waals surface area contributed by atoms with Crippen LogP contribution in [0.3, 0.4) is 0 Å². The monoisotopic (exact) mass is 517 g/mol. The summed E-state index contributed by atoms with van der Waals surface area (Å²) in [7, 11) is 0. The highest BCUT2D eigenvalue weighted by Crippen LogP contribution is 2.34. The zero-order valence-corrected chi connectivity index (χ0v) is 21.3. The lowest BCUT2D eigenvalue weighted by Gasteiger charge is -2.43. The molecular formula is C27H31N7O4. The van der Waals surface area contributed by atoms with Crippen LogP contribution in [0.4, 0.5) is 28.4 Å². The number of H-pyrrole nitrogens is 1. The van der Waals surface area contributed by atoms with Crippen molar-refractivity contribution in [1.82, 2.24) is 14.9 Å². The summed E-state index contributed by atoms with van der Waals surface area (Å²) in [5.74, 6) is 0.0462. The summed E-state index contributed by atoms with van der Waals surface area (Å²) in [6.45, 7) is 8.78. The summed E-state index contributed by atoms with van der Waals surface area (Å²) in [6, 6.07) is 9.97. The van der Waals surface area contributed by atoms with Crippen LogP contribution in [0.2, 0.25) is 0 Å². The van der Waals surface area contributed by atoms with Gasteiger partial charge in [-0.15, -0.1) is 0 Å². The number of pyridine rings is 2. The summed E-state index contributed by atoms with van der Waals surface area (Å²) < 4.78 is 10.9. The van der Waals surface area contributed by atoms with Gasteiger partial charge in [0.15, 0.2) is 0 Å². The van der Waals surface area contributed by atoms with Crippen molar-refractivity contribution in [2.24, 2.45) is 0 Å². The Labute approximate surface area is 220 Å². The van der Waals surface area contributed by atoms with Gasteiger partial charge in [-0.1, -0.05) is 0 Å². The fourth-order valence-corrected chi connectivity index (χ4v) is 5.03. The molecule has 6 rings (SSSR count). The van der Waals surface area contributed by atoms with Gasteiger partial charge in [-0.05, 0) is 37.3 Å². The largest absolute Gasteiger partial charge is 0.474 e. The van der Waals surface area contributed by atoms with Gasteiger partial charge in [-0.2, -0.15) is 0 Å². The first-order valence-electron chi connectivity index (χ1n) is 12.9. The van der Waals surface area contributed by atoms with Crippen molar-refractivity contribution in [3.05, 3.63) is 64.2 Å². The topological polar surface area (TPSA) is 124 Å². The molecule has 0 unspecified atom stereocenters. The van der Waals surface area contributed by atoms with E-state index in [1.807, 2.05) is 31.2 Å². The molecule has 0 bridgehead atoms. The number of rotatable bonds is 6. The maximum absolute atomic E-state index is 13.2. The first kappa shape index (κ1) is 24.3. The molecule has 3 aliphatic heterocycles. The van der Waals surface area contributed by atoms with Crippen molar-refractivity contribution in [3.63, 3.8) is 0 Å². The van der Waals surface area contributed by atoms with Crippen molar-refractivity contribution in [2.45, 2.75) is 13.0 Å². The number of carbonyl (C=O) groups excluding carboxylic acids is 1. The molecule has 0 spiro atoms. The van der Waals surface area contributed by atoms with E-state index in [1.165, 1.54) is 6.20 Å². The molecular weight excluding hydrogens is 486 g/mol. The molecule has 198 valence electrons. The Morgan fingerprint density at radius 1 is 1.08 bits per heavy atom. The number of amides is 1. The quantitative estimate of drug-likeness (QED) is 0.390. The van der Waals surface area contributed by atoms with Gasteiger partial charge in [-0.3, -0.25) is 14.5 Å². The second-order valence-electron chi connectivity index (χ2n) is 9.69. The lowest BCUT2D eigenvalue weighted by atomic mass is 10.1. The number of hydrogen-bond donors (Lipinski definition) is 4. The van der Waals surface area contributed by atoms with E-state index in [1.54, 1.807) is 12.3 Å². The van der Waals surface area contributed by atoms with Crippen LogP contribution in [-0.4, -0.2) is 79.4 Å². The minimum atomic E-state index is -0.497. The lowest BCUT2D eigenvalue weighted by Crippen LogP contribution is -2.56. The van der Waals surface area contributed by atoms with Gasteiger partial charge < -0.3 is 35.3 Å². The van der Waals surface area contributed by atoms with E-state index < -0.39 is 11.5 Å². The summed E-state index contributed by atoms with van der Waals surface area (Å²) >= 11 is 0. The number of aromatic nitrogens is 2. The zero-order chi connectivity index (χ0) is 26.1. The third-order valence-electron chi connectivity index (χ3n) is 7.35. The molecule has 2 aromatic heterocycles. The van der Waals surface area contributed by atoms with Crippen molar-refractivity contribution in [3.8, 4) is 5.88 Å². The first-order chi connectivity index (χ1) is 18.6. The maximum Gasteiger partial charge on any atom is 0.263 e. The van der Waals surface area contributed by atoms with E-state index in [-0.39, 0.29) is 5.56 Å². The molecule has 4 N–H and O–H groups in total. The van der Waals surface area contributed by atoms with Crippen LogP contribution in [0.1, 0.15) is 15.9 Å². The predicted octanol–water partition coefficient (Wildman–Crippen LogP) is 2.40. The molecule has 3 aliphatic rings. The minimum Gasteiger partial charge on any atom is -0.474 e. The Kier molecular flexibility index (Phi) is 6.61. The van der Waals surface area contributed by atoms with Crippen LogP contribution in [-0.2, 0) is 4.74 Å². The highest BCUT2D eigenvalue weighted by atomic mass is 16.5. The smallest absolute Gasteiger partial charge is 0.263 e. The number of piperazine rings is 1. The molecule has 2 saturated heterocycles. The highest BCUT2D eigenvalue weighted by molar-refractivity contribution is 6.08. The van der Waals surface area contributed by atoms with Gasteiger partial charge in [-0.25, -0.2) is 4.98 Å². The summed E-state index contributed by atoms with van der Waals surface area (Å²) in [5.41, 5.74) is 3.99. The van der Waals surface area contributed by atoms with Crippen LogP contribution >= 0.6 is 0 Å². The molecule has 11 nitrogen and oxygen atoms in total. The fourth-order valence-electron chi connectivity index (χ4n) is 5.03. The summed E-state index contributed by atoms with van der Waals surface area (Å²) in [5, 5.41) is 9.38. The maximum atomic E-state index is 13.2. The zero-order valence-electron chi connectivity index (χ0n) is 21.3. The van der Waals surface area contributed by atoms with Gasteiger partial charge >= 0.3 is 0 Å². The number of hydrogen-bond acceptors (Lipinski definition) is 9. The molecule has 1 aromatic carbocycles. The molecule has 0 radical (unpaired) electrons. The van der Waals surface area contributed by atoms with Gasteiger partial charge in [0.2, 0.25) is 5.88 Å². The number of aromatic amines is 1. The predicted molar refractivity (Wildman–Crippen MR) is 146 cm³/mol. The average molecular weight is 518 g/mol. The van der Waals surface area contributed by atoms with E-state index >= 15 is 0 Å². The number of nitrogens with zero attached hydrogens (tertiary/aromatic N) is 3. The molecule has 0 saturated carbocycles. The van der Waals surface area contributed by atoms with Crippen molar-refractivity contribution >= 4 is 34.3 Å². The molecule has 11 heteroatoms. The van der Waals surface area contributed by atoms with Gasteiger partial charge in [0, 0.05) is 55.9 Å². The van der Waals surface area contributed by atoms with E-state index in [4.69, 9.17) is 9.47 Å². The van der Waals surface area contributed by atoms with E-state index in [2.05, 4.69) is 35.7 Å². The fraction of sp³-hybridized carbons (Fsp3) is 0.370. The van der Waals surface area contributed by atoms with Crippen LogP contribution in [0.5, 0.6) is 5.88 Å². The molecule has 3 aromatic rings. The van der Waals surface area contributed by atoms with E-state index in [0.717, 1.165) is 56.3 Å². The molecule has 0 aliphatic carbocycles. The van der Waals surface area contributed by atoms with Gasteiger partial charge in [0.05, 0.1) is 36.8 Å². The lowest BCUT2D eigenvalue weighted by molar-refractivity contribution is -0.0660. The van der Waals surface area contributed by atoms with Crippen LogP contribution in [0, 0.1) is 6.92 Å². The number of anilines is 5. The second kappa shape index (κ2) is 10.3. The Hall–Kier alpha value is -4.09. The van der Waals surface area contributed by atoms with Crippen LogP contribution in [0.15, 0.2) is 47.5 Å². The number of fused-ring (bicyclic) bond motifs is 1. The number of ether oxygens (including phenoxy) is 2. The Balaban J connectivity index is 1.15. The molecule has 38 heavy (non-hydrogen) atoms. The first-order valence-corrected chi connectivity index (χ1v) is 12.9. The summed E-state index contributed by atoms with van der Waals surface area (Å²) in [6.07, 6.45) is 3.15. The van der Waals surface area contributed by atoms with Crippen LogP contribution in [0.25, 0.3) is 0 Å². The van der Waals surface area contributed by atoms with Crippen LogP contribution < -0.4 is 31.1 Å². The standard InChI is InChI=1S/C27H31N7O4/c1-17-22(14-30-27-24(17)28-8-13-38-27)32-21-6-7-29-25(35)23(21)26(36)31-18-2-4-19(5-3-18)33-9-11-34(12-10-33)20-15-37-16-20/h2-7,14,20,28H,8-13,15-16H2,1H3,(H,31,36)(H2,29,32,35). The minimum absolute atomic E-state index is 0.00555. The SMILES string of the molecule is Cc1c(Nc2cc[nH]c(=O)c2C(=O)Nc2ccc(N3CCN(C4COC4)CC3)cc2)cnc2c1NCCO2. The third-order valence-corrected chi connectivity index (χ3v) is 7.35. The average Bonchev–Trinajstić information content (AvgIpc) is 2.90. The molecule has 1 amide bonds. The number of benzene rings is 1. The van der Waals surface area contributed by atoms with Crippen molar-refractivity contribution < 1.29 is 14.3 Å². The Morgan fingerprint density at radius 3 is 2.61 bits per heavy atom. The molecule has 2 fully saturated rings. The van der Waals surface area contributed by atoms with Crippen molar-refractivity contribution in [2.75, 3.05) is 73.4 Å². The van der Waals surface area contributed by atoms with E-state index in [0.29, 0.717) is 42.1 Å². The number of nitrogens with one attached hydrogen (secondary N) is 4. The normalized spacial score (nSPS) is 17.6.